The highest BCUT2D eigenvalue weighted by Crippen LogP contribution is 2.35. The lowest BCUT2D eigenvalue weighted by Crippen LogP contribution is -2.50. The first kappa shape index (κ1) is 30.3. The van der Waals surface area contributed by atoms with E-state index in [1.165, 1.54) is 4.48 Å². The number of nitrogens with zero attached hydrogens (tertiary/aromatic N) is 5. The Morgan fingerprint density at radius 2 is 1.90 bits per heavy atom. The first-order chi connectivity index (χ1) is 19.3. The number of rotatable bonds is 13. The number of carbonyl (C=O) groups is 2. The Bertz CT molecular complexity index is 1410. The van der Waals surface area contributed by atoms with Gasteiger partial charge in [0.05, 0.1) is 12.3 Å². The predicted molar refractivity (Wildman–Crippen MR) is 150 cm³/mol. The Hall–Kier alpha value is -3.65. The molecule has 2 amide bonds. The number of fused-ring (bicyclic) bond motifs is 2. The van der Waals surface area contributed by atoms with E-state index >= 15 is 8.63 Å². The van der Waals surface area contributed by atoms with Gasteiger partial charge in [0.2, 0.25) is 11.8 Å². The van der Waals surface area contributed by atoms with E-state index in [1.807, 2.05) is 13.0 Å². The Morgan fingerprint density at radius 3 is 2.63 bits per heavy atom. The Labute approximate surface area is 237 Å². The molecule has 0 aromatic carbocycles. The van der Waals surface area contributed by atoms with Crippen molar-refractivity contribution in [1.82, 2.24) is 30.1 Å². The molecule has 0 fully saturated rings. The first-order valence-electron chi connectivity index (χ1n) is 13.8. The van der Waals surface area contributed by atoms with Gasteiger partial charge in [-0.3, -0.25) is 14.3 Å². The average Bonchev–Trinajstić information content (AvgIpc) is 3.62. The molecule has 222 valence electrons. The number of aryl methyl sites for hydroxylation is 2. The van der Waals surface area contributed by atoms with Gasteiger partial charge < -0.3 is 38.4 Å². The average molecular weight is 573 g/mol. The van der Waals surface area contributed by atoms with E-state index in [0.29, 0.717) is 60.8 Å². The number of aliphatic hydroxyl groups excluding tert-OH is 2. The van der Waals surface area contributed by atoms with Gasteiger partial charge in [0.25, 0.3) is 0 Å². The molecule has 4 rings (SSSR count). The molecule has 11 nitrogen and oxygen atoms in total. The van der Waals surface area contributed by atoms with Gasteiger partial charge in [0.15, 0.2) is 5.70 Å². The lowest BCUT2D eigenvalue weighted by atomic mass is 9.87. The third-order valence-electron chi connectivity index (χ3n) is 7.57. The van der Waals surface area contributed by atoms with Crippen LogP contribution in [0.3, 0.4) is 0 Å². The molecule has 14 heteroatoms. The zero-order valence-corrected chi connectivity index (χ0v) is 23.9. The Kier molecular flexibility index (Phi) is 8.93. The van der Waals surface area contributed by atoms with E-state index in [2.05, 4.69) is 20.9 Å². The summed E-state index contributed by atoms with van der Waals surface area (Å²) >= 11 is 0. The predicted octanol–water partition coefficient (Wildman–Crippen LogP) is 1.27. The van der Waals surface area contributed by atoms with Gasteiger partial charge >= 0.3 is 6.97 Å². The van der Waals surface area contributed by atoms with E-state index in [-0.39, 0.29) is 25.5 Å². The molecule has 41 heavy (non-hydrogen) atoms. The molecule has 2 aliphatic heterocycles. The van der Waals surface area contributed by atoms with Crippen LogP contribution >= 0.6 is 0 Å². The van der Waals surface area contributed by atoms with Gasteiger partial charge in [-0.05, 0) is 37.6 Å². The highest BCUT2D eigenvalue weighted by molar-refractivity contribution is 6.58. The molecule has 0 unspecified atom stereocenters. The number of carbonyl (C=O) groups excluding carboxylic acids is 2. The van der Waals surface area contributed by atoms with Gasteiger partial charge in [0.1, 0.15) is 11.8 Å². The van der Waals surface area contributed by atoms with E-state index < -0.39 is 24.4 Å². The summed E-state index contributed by atoms with van der Waals surface area (Å²) in [5.41, 5.74) is 2.72. The van der Waals surface area contributed by atoms with Crippen LogP contribution in [-0.2, 0) is 29.0 Å². The van der Waals surface area contributed by atoms with Crippen molar-refractivity contribution in [2.45, 2.75) is 66.0 Å². The van der Waals surface area contributed by atoms with Crippen LogP contribution in [0.25, 0.3) is 6.08 Å². The molecule has 4 N–H and O–H groups in total. The summed E-state index contributed by atoms with van der Waals surface area (Å²) in [7, 11) is 0. The standard InChI is InChI=1S/C27H38BF2N7O4/c1-18-14-19(2)36-23(18)15-22-8-7-21(37(22)28(36,29)30)6-5-13-35-16-20(33-34-35)9-11-31-24(39)10-12-32-26(41)25(40)27(3,4)17-38/h7-8,14-16,25,38,40H,5-6,9-13,17H2,1-4H3,(H,31,39)(H,32,41)/t25-/m0/s1. The number of hydrogen-bond acceptors (Lipinski definition) is 6. The zero-order chi connectivity index (χ0) is 29.9. The van der Waals surface area contributed by atoms with Gasteiger partial charge in [0, 0.05) is 74.4 Å². The minimum Gasteiger partial charge on any atom is -0.396 e. The summed E-state index contributed by atoms with van der Waals surface area (Å²) < 4.78 is 35.1. The van der Waals surface area contributed by atoms with Crippen LogP contribution in [0.2, 0.25) is 0 Å². The number of aliphatic hydroxyl groups is 2. The summed E-state index contributed by atoms with van der Waals surface area (Å²) in [6.45, 7) is 3.25. The molecule has 1 atom stereocenters. The fourth-order valence-electron chi connectivity index (χ4n) is 5.14. The van der Waals surface area contributed by atoms with Gasteiger partial charge in [-0.1, -0.05) is 19.1 Å². The minimum absolute atomic E-state index is 0.0387. The monoisotopic (exact) mass is 573 g/mol. The zero-order valence-electron chi connectivity index (χ0n) is 23.9. The van der Waals surface area contributed by atoms with E-state index in [9.17, 15) is 19.8 Å². The van der Waals surface area contributed by atoms with Crippen molar-refractivity contribution < 1.29 is 32.9 Å². The Balaban J connectivity index is 1.19. The second-order valence-electron chi connectivity index (χ2n) is 11.3. The van der Waals surface area contributed by atoms with Crippen LogP contribution < -0.4 is 10.6 Å². The Morgan fingerprint density at radius 1 is 1.15 bits per heavy atom. The summed E-state index contributed by atoms with van der Waals surface area (Å²) in [6, 6.07) is 3.50. The van der Waals surface area contributed by atoms with Crippen molar-refractivity contribution in [3.8, 4) is 0 Å². The second kappa shape index (κ2) is 12.1. The largest absolute Gasteiger partial charge is 0.737 e. The van der Waals surface area contributed by atoms with Crippen molar-refractivity contribution in [2.24, 2.45) is 5.41 Å². The molecule has 2 aromatic rings. The lowest BCUT2D eigenvalue weighted by Gasteiger charge is -2.31. The molecule has 2 aliphatic rings. The quantitative estimate of drug-likeness (QED) is 0.267. The van der Waals surface area contributed by atoms with E-state index in [0.717, 1.165) is 10.1 Å². The maximum absolute atomic E-state index is 15.6. The van der Waals surface area contributed by atoms with Crippen LogP contribution in [0.15, 0.2) is 35.7 Å². The number of halogens is 2. The fourth-order valence-corrected chi connectivity index (χ4v) is 5.14. The highest BCUT2D eigenvalue weighted by Gasteiger charge is 2.52. The van der Waals surface area contributed by atoms with Gasteiger partial charge in [-0.25, -0.2) is 0 Å². The summed E-state index contributed by atoms with van der Waals surface area (Å²) in [4.78, 5) is 24.0. The third kappa shape index (κ3) is 6.48. The molecule has 0 saturated carbocycles. The number of nitrogens with one attached hydrogen (secondary N) is 2. The van der Waals surface area contributed by atoms with Crippen LogP contribution in [0.1, 0.15) is 57.6 Å². The molecule has 0 saturated heterocycles. The lowest BCUT2D eigenvalue weighted by molar-refractivity contribution is -0.362. The van der Waals surface area contributed by atoms with Crippen molar-refractivity contribution in [2.75, 3.05) is 19.7 Å². The summed E-state index contributed by atoms with van der Waals surface area (Å²) in [6.07, 6.45) is 5.54. The summed E-state index contributed by atoms with van der Waals surface area (Å²) in [5, 5.41) is 32.7. The number of amides is 2. The van der Waals surface area contributed by atoms with Crippen molar-refractivity contribution in [3.63, 3.8) is 0 Å². The molecule has 0 bridgehead atoms. The van der Waals surface area contributed by atoms with Crippen LogP contribution in [-0.4, -0.2) is 84.5 Å². The van der Waals surface area contributed by atoms with Crippen molar-refractivity contribution in [3.05, 3.63) is 52.8 Å². The molecule has 0 aliphatic carbocycles. The van der Waals surface area contributed by atoms with Crippen LogP contribution in [0, 0.1) is 5.41 Å². The van der Waals surface area contributed by atoms with Crippen LogP contribution in [0.5, 0.6) is 0 Å². The molecule has 2 aromatic heterocycles. The van der Waals surface area contributed by atoms with Gasteiger partial charge in [-0.2, -0.15) is 0 Å². The smallest absolute Gasteiger partial charge is 0.396 e. The van der Waals surface area contributed by atoms with E-state index in [4.69, 9.17) is 0 Å². The molecular weight excluding hydrogens is 535 g/mol. The topological polar surface area (TPSA) is 137 Å². The van der Waals surface area contributed by atoms with Crippen molar-refractivity contribution in [1.29, 1.82) is 0 Å². The summed E-state index contributed by atoms with van der Waals surface area (Å²) in [5.74, 6) is -0.907. The number of hydrogen-bond donors (Lipinski definition) is 4. The fraction of sp³-hybridized carbons (Fsp3) is 0.519. The molecule has 0 radical (unpaired) electrons. The first-order valence-corrected chi connectivity index (χ1v) is 13.8. The molecule has 4 heterocycles. The SMILES string of the molecule is CC1=CC(C)=[N+]2C1=Cc1ccc(CCCn3cc(CCNC(=O)CCNC(=O)[C@H](O)C(C)(C)CO)nn3)n1[B-]2(F)F. The maximum atomic E-state index is 15.6. The second-order valence-corrected chi connectivity index (χ2v) is 11.3. The van der Waals surface area contributed by atoms with Gasteiger partial charge in [-0.15, -0.1) is 5.10 Å². The van der Waals surface area contributed by atoms with E-state index in [1.54, 1.807) is 49.9 Å². The highest BCUT2D eigenvalue weighted by atomic mass is 19.2. The van der Waals surface area contributed by atoms with Crippen LogP contribution in [0.4, 0.5) is 8.63 Å². The molecule has 0 spiro atoms. The third-order valence-corrected chi connectivity index (χ3v) is 7.57. The normalized spacial score (nSPS) is 16.6. The molecular formula is C27H38BF2N7O4. The number of aromatic nitrogens is 4. The maximum Gasteiger partial charge on any atom is 0.737 e. The van der Waals surface area contributed by atoms with Crippen molar-refractivity contribution >= 4 is 30.6 Å². The number of allylic oxidation sites excluding steroid dienone is 2. The minimum atomic E-state index is -3.97.